The molecule has 1 aliphatic rings. The zero-order chi connectivity index (χ0) is 20.9. The van der Waals surface area contributed by atoms with E-state index in [1.54, 1.807) is 0 Å². The minimum absolute atomic E-state index is 0.0681. The quantitative estimate of drug-likeness (QED) is 0.682. The first-order valence-electron chi connectivity index (χ1n) is 10.3. The summed E-state index contributed by atoms with van der Waals surface area (Å²) in [5.41, 5.74) is 4.08. The molecule has 1 aliphatic heterocycles. The van der Waals surface area contributed by atoms with Gasteiger partial charge in [0.25, 0.3) is 5.91 Å². The average molecular weight is 407 g/mol. The van der Waals surface area contributed by atoms with E-state index >= 15 is 0 Å². The van der Waals surface area contributed by atoms with Crippen molar-refractivity contribution in [1.82, 2.24) is 14.8 Å². The van der Waals surface area contributed by atoms with Gasteiger partial charge in [-0.1, -0.05) is 30.3 Å². The highest BCUT2D eigenvalue weighted by Gasteiger charge is 2.19. The van der Waals surface area contributed by atoms with Crippen LogP contribution < -0.4 is 10.2 Å². The topological polar surface area (TPSA) is 40.5 Å². The van der Waals surface area contributed by atoms with Crippen molar-refractivity contribution in [2.45, 2.75) is 13.1 Å². The van der Waals surface area contributed by atoms with Gasteiger partial charge in [0.2, 0.25) is 0 Å². The van der Waals surface area contributed by atoms with Crippen LogP contribution in [0.4, 0.5) is 10.1 Å². The maximum Gasteiger partial charge on any atom is 0.268 e. The van der Waals surface area contributed by atoms with Crippen LogP contribution in [0.2, 0.25) is 0 Å². The van der Waals surface area contributed by atoms with E-state index in [1.807, 2.05) is 54.2 Å². The fourth-order valence-corrected chi connectivity index (χ4v) is 3.93. The van der Waals surface area contributed by atoms with Gasteiger partial charge >= 0.3 is 0 Å². The fourth-order valence-electron chi connectivity index (χ4n) is 3.93. The summed E-state index contributed by atoms with van der Waals surface area (Å²) in [5, 5.41) is 3.04. The number of hydrogen-bond acceptors (Lipinski definition) is 3. The van der Waals surface area contributed by atoms with Crippen molar-refractivity contribution in [3.8, 4) is 0 Å². The van der Waals surface area contributed by atoms with Crippen molar-refractivity contribution >= 4 is 11.6 Å². The number of rotatable bonds is 6. The Labute approximate surface area is 176 Å². The van der Waals surface area contributed by atoms with E-state index in [9.17, 15) is 9.18 Å². The molecule has 0 unspecified atom stereocenters. The van der Waals surface area contributed by atoms with Crippen LogP contribution in [-0.4, -0.2) is 41.6 Å². The molecule has 0 spiro atoms. The lowest BCUT2D eigenvalue weighted by Gasteiger charge is -2.37. The number of aryl methyl sites for hydroxylation is 1. The van der Waals surface area contributed by atoms with Gasteiger partial charge in [0.1, 0.15) is 11.5 Å². The Balaban J connectivity index is 1.35. The summed E-state index contributed by atoms with van der Waals surface area (Å²) in [7, 11) is 1.87. The molecule has 4 rings (SSSR count). The maximum absolute atomic E-state index is 13.1. The van der Waals surface area contributed by atoms with Crippen molar-refractivity contribution in [3.05, 3.63) is 89.5 Å². The lowest BCUT2D eigenvalue weighted by Crippen LogP contribution is -2.46. The summed E-state index contributed by atoms with van der Waals surface area (Å²) < 4.78 is 14.9. The summed E-state index contributed by atoms with van der Waals surface area (Å²) in [4.78, 5) is 17.2. The number of halogens is 1. The van der Waals surface area contributed by atoms with E-state index in [2.05, 4.69) is 27.2 Å². The molecule has 5 nitrogen and oxygen atoms in total. The average Bonchev–Trinajstić information content (AvgIpc) is 3.20. The summed E-state index contributed by atoms with van der Waals surface area (Å²) >= 11 is 0. The number of carbonyl (C=O) groups excluding carboxylic acids is 1. The van der Waals surface area contributed by atoms with Gasteiger partial charge in [0.05, 0.1) is 0 Å². The second-order valence-corrected chi connectivity index (χ2v) is 7.71. The number of nitrogens with one attached hydrogen (secondary N) is 1. The molecule has 3 aromatic rings. The largest absolute Gasteiger partial charge is 0.369 e. The number of aromatic nitrogens is 1. The van der Waals surface area contributed by atoms with E-state index in [4.69, 9.17) is 0 Å². The van der Waals surface area contributed by atoms with E-state index in [0.29, 0.717) is 12.2 Å². The first-order valence-corrected chi connectivity index (χ1v) is 10.3. The molecule has 156 valence electrons. The molecule has 30 heavy (non-hydrogen) atoms. The molecule has 1 saturated heterocycles. The lowest BCUT2D eigenvalue weighted by molar-refractivity contribution is 0.0943. The molecule has 1 fully saturated rings. The van der Waals surface area contributed by atoms with Crippen LogP contribution in [0, 0.1) is 5.82 Å². The molecule has 0 radical (unpaired) electrons. The zero-order valence-electron chi connectivity index (χ0n) is 17.2. The standard InChI is InChI=1S/C24H27FN4O/c1-27-12-4-7-23(27)24(30)26-17-20-5-2-3-6-22(20)29-15-13-28(14-16-29)18-19-8-10-21(25)11-9-19/h2-12H,13-18H2,1H3,(H,26,30). The molecule has 6 heteroatoms. The van der Waals surface area contributed by atoms with Gasteiger partial charge in [-0.3, -0.25) is 9.69 Å². The second kappa shape index (κ2) is 9.13. The summed E-state index contributed by atoms with van der Waals surface area (Å²) in [5.74, 6) is -0.263. The molecule has 2 heterocycles. The zero-order valence-corrected chi connectivity index (χ0v) is 17.2. The van der Waals surface area contributed by atoms with Gasteiger partial charge in [-0.25, -0.2) is 4.39 Å². The maximum atomic E-state index is 13.1. The molecule has 1 N–H and O–H groups in total. The van der Waals surface area contributed by atoms with E-state index in [0.717, 1.165) is 43.9 Å². The molecular formula is C24H27FN4O. The Morgan fingerprint density at radius 2 is 1.70 bits per heavy atom. The predicted molar refractivity (Wildman–Crippen MR) is 117 cm³/mol. The number of para-hydroxylation sites is 1. The third kappa shape index (κ3) is 4.71. The minimum atomic E-state index is -0.195. The first kappa shape index (κ1) is 20.2. The molecular weight excluding hydrogens is 379 g/mol. The van der Waals surface area contributed by atoms with Gasteiger partial charge in [0.15, 0.2) is 0 Å². The number of carbonyl (C=O) groups is 1. The third-order valence-electron chi connectivity index (χ3n) is 5.64. The Morgan fingerprint density at radius 1 is 0.967 bits per heavy atom. The van der Waals surface area contributed by atoms with E-state index in [-0.39, 0.29) is 11.7 Å². The van der Waals surface area contributed by atoms with Crippen LogP contribution in [-0.2, 0) is 20.1 Å². The van der Waals surface area contributed by atoms with Crippen LogP contribution in [0.5, 0.6) is 0 Å². The molecule has 1 amide bonds. The number of hydrogen-bond donors (Lipinski definition) is 1. The number of piperazine rings is 1. The minimum Gasteiger partial charge on any atom is -0.369 e. The van der Waals surface area contributed by atoms with Crippen LogP contribution >= 0.6 is 0 Å². The molecule has 1 aromatic heterocycles. The van der Waals surface area contributed by atoms with Crippen LogP contribution in [0.15, 0.2) is 66.9 Å². The Kier molecular flexibility index (Phi) is 6.14. The molecule has 0 saturated carbocycles. The van der Waals surface area contributed by atoms with Crippen molar-refractivity contribution in [1.29, 1.82) is 0 Å². The Bertz CT molecular complexity index is 990. The van der Waals surface area contributed by atoms with Crippen LogP contribution in [0.1, 0.15) is 21.6 Å². The lowest BCUT2D eigenvalue weighted by atomic mass is 10.1. The normalized spacial score (nSPS) is 14.7. The number of nitrogens with zero attached hydrogens (tertiary/aromatic N) is 3. The van der Waals surface area contributed by atoms with Gasteiger partial charge in [-0.05, 0) is 41.5 Å². The van der Waals surface area contributed by atoms with E-state index < -0.39 is 0 Å². The van der Waals surface area contributed by atoms with Crippen LogP contribution in [0.25, 0.3) is 0 Å². The van der Waals surface area contributed by atoms with Crippen molar-refractivity contribution in [3.63, 3.8) is 0 Å². The van der Waals surface area contributed by atoms with Gasteiger partial charge in [-0.15, -0.1) is 0 Å². The smallest absolute Gasteiger partial charge is 0.268 e. The molecule has 2 aromatic carbocycles. The highest BCUT2D eigenvalue weighted by Crippen LogP contribution is 2.22. The Hall–Kier alpha value is -3.12. The van der Waals surface area contributed by atoms with Crippen molar-refractivity contribution < 1.29 is 9.18 Å². The van der Waals surface area contributed by atoms with E-state index in [1.165, 1.54) is 17.8 Å². The van der Waals surface area contributed by atoms with Crippen molar-refractivity contribution in [2.24, 2.45) is 7.05 Å². The molecule has 0 aliphatic carbocycles. The van der Waals surface area contributed by atoms with Gasteiger partial charge < -0.3 is 14.8 Å². The summed E-state index contributed by atoms with van der Waals surface area (Å²) in [6.07, 6.45) is 1.87. The number of anilines is 1. The molecule has 0 bridgehead atoms. The number of amides is 1. The molecule has 0 atom stereocenters. The van der Waals surface area contributed by atoms with Gasteiger partial charge in [0, 0.05) is 58.2 Å². The van der Waals surface area contributed by atoms with Crippen LogP contribution in [0.3, 0.4) is 0 Å². The third-order valence-corrected chi connectivity index (χ3v) is 5.64. The predicted octanol–water partition coefficient (Wildman–Crippen LogP) is 3.42. The number of benzene rings is 2. The first-order chi connectivity index (χ1) is 14.6. The Morgan fingerprint density at radius 3 is 2.40 bits per heavy atom. The highest BCUT2D eigenvalue weighted by atomic mass is 19.1. The SMILES string of the molecule is Cn1cccc1C(=O)NCc1ccccc1N1CCN(Cc2ccc(F)cc2)CC1. The fraction of sp³-hybridized carbons (Fsp3) is 0.292. The highest BCUT2D eigenvalue weighted by molar-refractivity contribution is 5.92. The second-order valence-electron chi connectivity index (χ2n) is 7.71. The summed E-state index contributed by atoms with van der Waals surface area (Å²) in [6.45, 7) is 5.06. The monoisotopic (exact) mass is 406 g/mol. The van der Waals surface area contributed by atoms with Gasteiger partial charge in [-0.2, -0.15) is 0 Å². The van der Waals surface area contributed by atoms with Crippen molar-refractivity contribution in [2.75, 3.05) is 31.1 Å². The summed E-state index contributed by atoms with van der Waals surface area (Å²) in [6, 6.07) is 18.7.